The van der Waals surface area contributed by atoms with Gasteiger partial charge < -0.3 is 20.1 Å². The Morgan fingerprint density at radius 1 is 1.07 bits per heavy atom. The molecule has 0 unspecified atom stereocenters. The van der Waals surface area contributed by atoms with Crippen LogP contribution < -0.4 is 15.4 Å². The first kappa shape index (κ1) is 29.5. The number of fused-ring (bicyclic) bond motifs is 1. The third-order valence-corrected chi connectivity index (χ3v) is 7.57. The van der Waals surface area contributed by atoms with Crippen LogP contribution in [0.1, 0.15) is 38.3 Å². The van der Waals surface area contributed by atoms with E-state index in [1.807, 2.05) is 43.3 Å². The summed E-state index contributed by atoms with van der Waals surface area (Å²) >= 11 is 0. The van der Waals surface area contributed by atoms with E-state index >= 15 is 0 Å². The summed E-state index contributed by atoms with van der Waals surface area (Å²) in [5.41, 5.74) is 2.48. The van der Waals surface area contributed by atoms with Gasteiger partial charge in [0.1, 0.15) is 17.9 Å². The molecule has 1 aliphatic heterocycles. The third-order valence-electron chi connectivity index (χ3n) is 7.57. The second-order valence-electron chi connectivity index (χ2n) is 10.9. The number of carbonyl (C=O) groups excluding carboxylic acids is 2. The maximum absolute atomic E-state index is 13.0. The largest absolute Gasteiger partial charge is 0.491 e. The van der Waals surface area contributed by atoms with E-state index in [2.05, 4.69) is 49.5 Å². The van der Waals surface area contributed by atoms with Crippen LogP contribution in [0.2, 0.25) is 0 Å². The summed E-state index contributed by atoms with van der Waals surface area (Å²) < 4.78 is 11.2. The number of esters is 1. The van der Waals surface area contributed by atoms with E-state index in [4.69, 9.17) is 9.47 Å². The molecule has 3 aromatic rings. The Hall–Kier alpha value is -4.02. The number of hydrogen-bond acceptors (Lipinski definition) is 9. The molecule has 2 aromatic carbocycles. The van der Waals surface area contributed by atoms with Crippen LogP contribution in [0.5, 0.6) is 5.75 Å². The molecular formula is C32H40N6O4. The molecule has 2 heterocycles. The van der Waals surface area contributed by atoms with E-state index in [0.717, 1.165) is 42.6 Å². The van der Waals surface area contributed by atoms with Crippen molar-refractivity contribution in [3.8, 4) is 5.75 Å². The summed E-state index contributed by atoms with van der Waals surface area (Å²) in [4.78, 5) is 38.1. The molecule has 1 aromatic heterocycles. The van der Waals surface area contributed by atoms with Crippen LogP contribution in [0, 0.1) is 5.92 Å². The lowest BCUT2D eigenvalue weighted by atomic mass is 10.1. The third kappa shape index (κ3) is 8.27. The lowest BCUT2D eigenvalue weighted by molar-refractivity contribution is -0.144. The summed E-state index contributed by atoms with van der Waals surface area (Å²) in [7, 11) is 0. The summed E-state index contributed by atoms with van der Waals surface area (Å²) in [6.07, 6.45) is 7.33. The zero-order valence-electron chi connectivity index (χ0n) is 24.4. The Morgan fingerprint density at radius 2 is 1.83 bits per heavy atom. The molecule has 10 nitrogen and oxygen atoms in total. The van der Waals surface area contributed by atoms with E-state index < -0.39 is 0 Å². The number of nitrogens with one attached hydrogen (secondary N) is 2. The van der Waals surface area contributed by atoms with E-state index in [9.17, 15) is 9.59 Å². The first-order valence-corrected chi connectivity index (χ1v) is 14.8. The standard InChI is InChI=1S/C32H40N6O4/c1-3-41-31(40)20-38-16-14-37(15-17-38)13-7-10-30(39)36-28-18-26-27(19-29(28)42-21-24-11-12-24)33-22-34-32(26)35-23(2)25-8-5-4-6-9-25/h4-10,18-19,22-24H,3,11-17,20-21H2,1-2H3,(H,36,39)(H,33,34,35)/b10-7+/t23-/m1/s1. The number of carbonyl (C=O) groups is 2. The minimum absolute atomic E-state index is 0.0306. The van der Waals surface area contributed by atoms with Crippen LogP contribution in [-0.4, -0.2) is 84.1 Å². The van der Waals surface area contributed by atoms with Crippen LogP contribution in [0.15, 0.2) is 60.9 Å². The molecule has 0 radical (unpaired) electrons. The Morgan fingerprint density at radius 3 is 2.57 bits per heavy atom. The van der Waals surface area contributed by atoms with Crippen molar-refractivity contribution < 1.29 is 19.1 Å². The Bertz CT molecular complexity index is 1390. The smallest absolute Gasteiger partial charge is 0.320 e. The normalized spacial score (nSPS) is 16.8. The van der Waals surface area contributed by atoms with Crippen LogP contribution in [0.25, 0.3) is 10.9 Å². The van der Waals surface area contributed by atoms with Gasteiger partial charge in [0.05, 0.1) is 31.0 Å². The molecule has 2 fully saturated rings. The van der Waals surface area contributed by atoms with E-state index in [0.29, 0.717) is 49.5 Å². The van der Waals surface area contributed by atoms with Crippen LogP contribution in [0.3, 0.4) is 0 Å². The Kier molecular flexibility index (Phi) is 9.99. The quantitative estimate of drug-likeness (QED) is 0.229. The SMILES string of the molecule is CCOC(=O)CN1CCN(C/C=C/C(=O)Nc2cc3c(N[C@H](C)c4ccccc4)ncnc3cc2OCC2CC2)CC1. The highest BCUT2D eigenvalue weighted by atomic mass is 16.5. The number of anilines is 2. The number of ether oxygens (including phenoxy) is 2. The van der Waals surface area contributed by atoms with Crippen molar-refractivity contribution in [1.82, 2.24) is 19.8 Å². The fraction of sp³-hybridized carbons (Fsp3) is 0.438. The second-order valence-corrected chi connectivity index (χ2v) is 10.9. The van der Waals surface area contributed by atoms with E-state index in [1.165, 1.54) is 12.8 Å². The molecule has 42 heavy (non-hydrogen) atoms. The summed E-state index contributed by atoms with van der Waals surface area (Å²) in [5.74, 6) is 1.46. The van der Waals surface area contributed by atoms with Crippen molar-refractivity contribution in [2.75, 3.05) is 63.1 Å². The van der Waals surface area contributed by atoms with E-state index in [-0.39, 0.29) is 17.9 Å². The van der Waals surface area contributed by atoms with Crippen molar-refractivity contribution in [1.29, 1.82) is 0 Å². The molecule has 0 spiro atoms. The minimum Gasteiger partial charge on any atom is -0.491 e. The van der Waals surface area contributed by atoms with E-state index in [1.54, 1.807) is 12.4 Å². The van der Waals surface area contributed by atoms with Crippen molar-refractivity contribution in [3.63, 3.8) is 0 Å². The van der Waals surface area contributed by atoms with Gasteiger partial charge in [-0.05, 0) is 44.2 Å². The molecule has 2 N–H and O–H groups in total. The first-order chi connectivity index (χ1) is 20.5. The van der Waals surface area contributed by atoms with Gasteiger partial charge in [-0.3, -0.25) is 19.4 Å². The second kappa shape index (κ2) is 14.2. The predicted molar refractivity (Wildman–Crippen MR) is 164 cm³/mol. The predicted octanol–water partition coefficient (Wildman–Crippen LogP) is 4.27. The summed E-state index contributed by atoms with van der Waals surface area (Å²) in [6.45, 7) is 9.14. The van der Waals surface area contributed by atoms with Crippen LogP contribution in [-0.2, 0) is 14.3 Å². The molecule has 222 valence electrons. The number of hydrogen-bond donors (Lipinski definition) is 2. The fourth-order valence-electron chi connectivity index (χ4n) is 4.94. The molecule has 1 amide bonds. The lowest BCUT2D eigenvalue weighted by Gasteiger charge is -2.33. The Balaban J connectivity index is 1.24. The zero-order valence-corrected chi connectivity index (χ0v) is 24.4. The number of amides is 1. The molecule has 1 saturated carbocycles. The highest BCUT2D eigenvalue weighted by Gasteiger charge is 2.23. The van der Waals surface area contributed by atoms with Gasteiger partial charge in [0.25, 0.3) is 0 Å². The highest BCUT2D eigenvalue weighted by molar-refractivity contribution is 6.03. The van der Waals surface area contributed by atoms with Crippen LogP contribution in [0.4, 0.5) is 11.5 Å². The lowest BCUT2D eigenvalue weighted by Crippen LogP contribution is -2.48. The zero-order chi connectivity index (χ0) is 29.3. The van der Waals surface area contributed by atoms with Crippen molar-refractivity contribution >= 4 is 34.3 Å². The number of aromatic nitrogens is 2. The molecule has 1 atom stereocenters. The van der Waals surface area contributed by atoms with Crippen molar-refractivity contribution in [2.45, 2.75) is 32.7 Å². The molecule has 5 rings (SSSR count). The van der Waals surface area contributed by atoms with Gasteiger partial charge in [-0.2, -0.15) is 0 Å². The van der Waals surface area contributed by atoms with Gasteiger partial charge in [-0.25, -0.2) is 9.97 Å². The maximum Gasteiger partial charge on any atom is 0.320 e. The molecule has 0 bridgehead atoms. The highest BCUT2D eigenvalue weighted by Crippen LogP contribution is 2.36. The Labute approximate surface area is 247 Å². The van der Waals surface area contributed by atoms with Gasteiger partial charge in [-0.15, -0.1) is 0 Å². The number of rotatable bonds is 13. The number of nitrogens with zero attached hydrogens (tertiary/aromatic N) is 4. The molecule has 1 saturated heterocycles. The van der Waals surface area contributed by atoms with Crippen molar-refractivity contribution in [2.24, 2.45) is 5.92 Å². The van der Waals surface area contributed by atoms with Crippen molar-refractivity contribution in [3.05, 3.63) is 66.5 Å². The topological polar surface area (TPSA) is 109 Å². The first-order valence-electron chi connectivity index (χ1n) is 14.8. The average molecular weight is 573 g/mol. The maximum atomic E-state index is 13.0. The summed E-state index contributed by atoms with van der Waals surface area (Å²) in [5, 5.41) is 7.33. The monoisotopic (exact) mass is 572 g/mol. The number of piperazine rings is 1. The average Bonchev–Trinajstić information content (AvgIpc) is 3.82. The minimum atomic E-state index is -0.226. The van der Waals surface area contributed by atoms with Gasteiger partial charge in [-0.1, -0.05) is 36.4 Å². The number of benzene rings is 2. The molecule has 2 aliphatic rings. The van der Waals surface area contributed by atoms with Gasteiger partial charge in [0.15, 0.2) is 0 Å². The van der Waals surface area contributed by atoms with Gasteiger partial charge in [0, 0.05) is 56.3 Å². The molecular weight excluding hydrogens is 532 g/mol. The fourth-order valence-corrected chi connectivity index (χ4v) is 4.94. The summed E-state index contributed by atoms with van der Waals surface area (Å²) in [6, 6.07) is 14.0. The molecule has 1 aliphatic carbocycles. The van der Waals surface area contributed by atoms with Gasteiger partial charge in [0.2, 0.25) is 5.91 Å². The van der Waals surface area contributed by atoms with Gasteiger partial charge >= 0.3 is 5.97 Å². The van der Waals surface area contributed by atoms with Crippen LogP contribution >= 0.6 is 0 Å². The molecule has 10 heteroatoms.